The molecule has 2 aromatic carbocycles. The van der Waals surface area contributed by atoms with Crippen molar-refractivity contribution in [3.05, 3.63) is 64.9 Å². The van der Waals surface area contributed by atoms with Crippen molar-refractivity contribution in [1.29, 1.82) is 0 Å². The Morgan fingerprint density at radius 2 is 1.85 bits per heavy atom. The largest absolute Gasteiger partial charge is 0.479 e. The van der Waals surface area contributed by atoms with Crippen LogP contribution in [0.2, 0.25) is 5.02 Å². The summed E-state index contributed by atoms with van der Waals surface area (Å²) in [6.07, 6.45) is -0.668. The van der Waals surface area contributed by atoms with Gasteiger partial charge in [-0.1, -0.05) is 41.9 Å². The van der Waals surface area contributed by atoms with E-state index < -0.39 is 11.9 Å². The van der Waals surface area contributed by atoms with E-state index in [1.807, 2.05) is 23.1 Å². The van der Waals surface area contributed by atoms with Crippen LogP contribution in [0.1, 0.15) is 12.5 Å². The minimum absolute atomic E-state index is 0.0789. The minimum Gasteiger partial charge on any atom is -0.479 e. The highest BCUT2D eigenvalue weighted by Gasteiger charge is 2.26. The summed E-state index contributed by atoms with van der Waals surface area (Å²) in [5.74, 6) is -0.197. The van der Waals surface area contributed by atoms with Gasteiger partial charge in [-0.05, 0) is 30.7 Å². The quantitative estimate of drug-likeness (QED) is 0.799. The molecule has 138 valence electrons. The smallest absolute Gasteiger partial charge is 0.263 e. The van der Waals surface area contributed by atoms with Crippen molar-refractivity contribution in [3.63, 3.8) is 0 Å². The van der Waals surface area contributed by atoms with Crippen LogP contribution in [0.15, 0.2) is 48.5 Å². The van der Waals surface area contributed by atoms with Crippen LogP contribution in [0.3, 0.4) is 0 Å². The average molecular weight is 377 g/mol. The van der Waals surface area contributed by atoms with Gasteiger partial charge in [-0.25, -0.2) is 4.39 Å². The van der Waals surface area contributed by atoms with E-state index in [1.165, 1.54) is 23.8 Å². The molecule has 1 aliphatic rings. The first-order valence-electron chi connectivity index (χ1n) is 8.69. The highest BCUT2D eigenvalue weighted by atomic mass is 35.5. The van der Waals surface area contributed by atoms with Crippen molar-refractivity contribution in [3.8, 4) is 5.75 Å². The Bertz CT molecular complexity index is 749. The molecule has 26 heavy (non-hydrogen) atoms. The van der Waals surface area contributed by atoms with Crippen LogP contribution in [0.5, 0.6) is 5.75 Å². The molecule has 1 aliphatic heterocycles. The van der Waals surface area contributed by atoms with E-state index in [2.05, 4.69) is 17.0 Å². The zero-order chi connectivity index (χ0) is 18.5. The van der Waals surface area contributed by atoms with Gasteiger partial charge in [0.15, 0.2) is 6.10 Å². The maximum Gasteiger partial charge on any atom is 0.263 e. The number of rotatable bonds is 5. The standard InChI is InChI=1S/C20H22ClFN2O2/c1-15(26-19-8-7-17(22)13-18(19)21)20(25)24-11-9-23(10-12-24)14-16-5-3-2-4-6-16/h2-8,13,15H,9-12,14H2,1H3. The first-order valence-corrected chi connectivity index (χ1v) is 9.07. The molecule has 3 rings (SSSR count). The van der Waals surface area contributed by atoms with Crippen LogP contribution in [-0.4, -0.2) is 48.0 Å². The topological polar surface area (TPSA) is 32.8 Å². The minimum atomic E-state index is -0.668. The number of carbonyl (C=O) groups excluding carboxylic acids is 1. The van der Waals surface area contributed by atoms with Gasteiger partial charge in [0.2, 0.25) is 0 Å². The monoisotopic (exact) mass is 376 g/mol. The van der Waals surface area contributed by atoms with Gasteiger partial charge in [-0.2, -0.15) is 0 Å². The molecule has 2 aromatic rings. The summed E-state index contributed by atoms with van der Waals surface area (Å²) in [6.45, 7) is 5.56. The van der Waals surface area contributed by atoms with Crippen LogP contribution in [-0.2, 0) is 11.3 Å². The Hall–Kier alpha value is -2.11. The first kappa shape index (κ1) is 18.7. The molecule has 6 heteroatoms. The van der Waals surface area contributed by atoms with Gasteiger partial charge in [0.05, 0.1) is 5.02 Å². The third kappa shape index (κ3) is 4.74. The number of amides is 1. The molecule has 1 unspecified atom stereocenters. The molecule has 0 spiro atoms. The molecule has 1 amide bonds. The van der Waals surface area contributed by atoms with E-state index in [1.54, 1.807) is 6.92 Å². The summed E-state index contributed by atoms with van der Waals surface area (Å²) in [7, 11) is 0. The third-order valence-corrected chi connectivity index (χ3v) is 4.77. The van der Waals surface area contributed by atoms with Crippen molar-refractivity contribution in [2.45, 2.75) is 19.6 Å². The molecule has 0 radical (unpaired) electrons. The molecule has 1 saturated heterocycles. The fraction of sp³-hybridized carbons (Fsp3) is 0.350. The molecule has 0 bridgehead atoms. The molecule has 0 aliphatic carbocycles. The number of benzene rings is 2. The van der Waals surface area contributed by atoms with Gasteiger partial charge >= 0.3 is 0 Å². The molecule has 0 N–H and O–H groups in total. The number of carbonyl (C=O) groups is 1. The number of piperazine rings is 1. The normalized spacial score (nSPS) is 16.3. The van der Waals surface area contributed by atoms with Crippen LogP contribution in [0.25, 0.3) is 0 Å². The van der Waals surface area contributed by atoms with E-state index in [9.17, 15) is 9.18 Å². The van der Waals surface area contributed by atoms with Crippen LogP contribution in [0.4, 0.5) is 4.39 Å². The maximum absolute atomic E-state index is 13.1. The summed E-state index contributed by atoms with van der Waals surface area (Å²) in [6, 6.07) is 14.2. The van der Waals surface area contributed by atoms with E-state index in [-0.39, 0.29) is 10.9 Å². The predicted molar refractivity (Wildman–Crippen MR) is 99.8 cm³/mol. The zero-order valence-corrected chi connectivity index (χ0v) is 15.5. The lowest BCUT2D eigenvalue weighted by atomic mass is 10.2. The van der Waals surface area contributed by atoms with Crippen molar-refractivity contribution in [2.75, 3.05) is 26.2 Å². The Morgan fingerprint density at radius 3 is 2.50 bits per heavy atom. The van der Waals surface area contributed by atoms with Gasteiger partial charge in [-0.15, -0.1) is 0 Å². The maximum atomic E-state index is 13.1. The first-order chi connectivity index (χ1) is 12.5. The summed E-state index contributed by atoms with van der Waals surface area (Å²) < 4.78 is 18.7. The number of halogens is 2. The van der Waals surface area contributed by atoms with Crippen LogP contribution < -0.4 is 4.74 Å². The van der Waals surface area contributed by atoms with Crippen molar-refractivity contribution >= 4 is 17.5 Å². The van der Waals surface area contributed by atoms with Gasteiger partial charge in [0.25, 0.3) is 5.91 Å². The fourth-order valence-electron chi connectivity index (χ4n) is 3.04. The Morgan fingerprint density at radius 1 is 1.15 bits per heavy atom. The molecule has 1 heterocycles. The molecular weight excluding hydrogens is 355 g/mol. The Kier molecular flexibility index (Phi) is 6.12. The molecule has 0 saturated carbocycles. The van der Waals surface area contributed by atoms with E-state index >= 15 is 0 Å². The summed E-state index contributed by atoms with van der Waals surface area (Å²) in [4.78, 5) is 16.8. The van der Waals surface area contributed by atoms with E-state index in [0.29, 0.717) is 18.8 Å². The zero-order valence-electron chi connectivity index (χ0n) is 14.7. The molecule has 4 nitrogen and oxygen atoms in total. The van der Waals surface area contributed by atoms with E-state index in [4.69, 9.17) is 16.3 Å². The lowest BCUT2D eigenvalue weighted by molar-refractivity contribution is -0.139. The summed E-state index contributed by atoms with van der Waals surface area (Å²) in [5.41, 5.74) is 1.27. The lowest BCUT2D eigenvalue weighted by Gasteiger charge is -2.36. The van der Waals surface area contributed by atoms with Crippen molar-refractivity contribution < 1.29 is 13.9 Å². The number of hydrogen-bond acceptors (Lipinski definition) is 3. The van der Waals surface area contributed by atoms with Crippen LogP contribution >= 0.6 is 11.6 Å². The predicted octanol–water partition coefficient (Wildman–Crippen LogP) is 3.59. The fourth-order valence-corrected chi connectivity index (χ4v) is 3.25. The second-order valence-corrected chi connectivity index (χ2v) is 6.83. The molecule has 1 atom stereocenters. The number of ether oxygens (including phenoxy) is 1. The molecule has 0 aromatic heterocycles. The Balaban J connectivity index is 1.51. The molecule has 1 fully saturated rings. The van der Waals surface area contributed by atoms with Crippen molar-refractivity contribution in [2.24, 2.45) is 0 Å². The number of nitrogens with zero attached hydrogens (tertiary/aromatic N) is 2. The molecular formula is C20H22ClFN2O2. The van der Waals surface area contributed by atoms with Crippen molar-refractivity contribution in [1.82, 2.24) is 9.80 Å². The summed E-state index contributed by atoms with van der Waals surface area (Å²) in [5, 5.41) is 0.164. The number of hydrogen-bond donors (Lipinski definition) is 0. The van der Waals surface area contributed by atoms with E-state index in [0.717, 1.165) is 19.6 Å². The third-order valence-electron chi connectivity index (χ3n) is 4.48. The highest BCUT2D eigenvalue weighted by molar-refractivity contribution is 6.32. The second kappa shape index (κ2) is 8.52. The highest BCUT2D eigenvalue weighted by Crippen LogP contribution is 2.26. The van der Waals surface area contributed by atoms with Gasteiger partial charge in [-0.3, -0.25) is 9.69 Å². The van der Waals surface area contributed by atoms with Crippen LogP contribution in [0, 0.1) is 5.82 Å². The average Bonchev–Trinajstić information content (AvgIpc) is 2.65. The van der Waals surface area contributed by atoms with Gasteiger partial charge < -0.3 is 9.64 Å². The lowest BCUT2D eigenvalue weighted by Crippen LogP contribution is -2.51. The Labute approximate surface area is 158 Å². The van der Waals surface area contributed by atoms with Gasteiger partial charge in [0, 0.05) is 32.7 Å². The second-order valence-electron chi connectivity index (χ2n) is 6.42. The van der Waals surface area contributed by atoms with Gasteiger partial charge in [0.1, 0.15) is 11.6 Å². The SMILES string of the molecule is CC(Oc1ccc(F)cc1Cl)C(=O)N1CCN(Cc2ccccc2)CC1. The summed E-state index contributed by atoms with van der Waals surface area (Å²) >= 11 is 5.96.